The van der Waals surface area contributed by atoms with Gasteiger partial charge >= 0.3 is 0 Å². The Morgan fingerprint density at radius 1 is 1.15 bits per heavy atom. The molecule has 0 saturated heterocycles. The van der Waals surface area contributed by atoms with E-state index >= 15 is 0 Å². The van der Waals surface area contributed by atoms with E-state index in [1.807, 2.05) is 31.3 Å². The highest BCUT2D eigenvalue weighted by Gasteiger charge is 2.21. The van der Waals surface area contributed by atoms with Crippen LogP contribution in [0.15, 0.2) is 65.9 Å². The van der Waals surface area contributed by atoms with Crippen molar-refractivity contribution in [3.05, 3.63) is 93.7 Å². The Hall–Kier alpha value is -4.48. The summed E-state index contributed by atoms with van der Waals surface area (Å²) in [5.74, 6) is 3.79. The first-order chi connectivity index (χ1) is 20.2. The predicted octanol–water partition coefficient (Wildman–Crippen LogP) is 5.36. The molecule has 208 valence electrons. The minimum Gasteiger partial charge on any atom is -0.447 e. The standard InChI is InChI=1S/C33H34N6O2/c1-2-41-18-14-26-19-28-20-36-33(37-29-9-7-23(8-10-29)24-11-15-34-16-12-24)38-31(28)39(32(26)40)22-27-13-17-35-21-30(27)25-5-3-4-6-25/h7-11,13,17,19-21,25,34H,2-6,12,15-16,22H2,1H3,(H,36,37,38). The summed E-state index contributed by atoms with van der Waals surface area (Å²) in [6.07, 6.45) is 16.2. The zero-order valence-electron chi connectivity index (χ0n) is 23.3. The summed E-state index contributed by atoms with van der Waals surface area (Å²) in [7, 11) is 0. The lowest BCUT2D eigenvalue weighted by molar-refractivity contribution is 0.299. The highest BCUT2D eigenvalue weighted by molar-refractivity contribution is 5.78. The van der Waals surface area contributed by atoms with E-state index in [-0.39, 0.29) is 5.56 Å². The lowest BCUT2D eigenvalue weighted by atomic mass is 9.94. The molecular weight excluding hydrogens is 512 g/mol. The van der Waals surface area contributed by atoms with Gasteiger partial charge in [-0.05, 0) is 91.1 Å². The van der Waals surface area contributed by atoms with Gasteiger partial charge in [0.05, 0.1) is 18.7 Å². The van der Waals surface area contributed by atoms with Crippen molar-refractivity contribution in [2.24, 2.45) is 0 Å². The van der Waals surface area contributed by atoms with Gasteiger partial charge in [-0.15, -0.1) is 0 Å². The normalized spacial score (nSPS) is 15.3. The second-order valence-electron chi connectivity index (χ2n) is 10.5. The molecule has 8 nitrogen and oxygen atoms in total. The molecule has 4 heterocycles. The van der Waals surface area contributed by atoms with Gasteiger partial charge in [-0.1, -0.05) is 31.1 Å². The van der Waals surface area contributed by atoms with Crippen molar-refractivity contribution in [2.75, 3.05) is 25.0 Å². The maximum atomic E-state index is 13.8. The Balaban J connectivity index is 1.37. The van der Waals surface area contributed by atoms with Gasteiger partial charge < -0.3 is 15.4 Å². The van der Waals surface area contributed by atoms with Crippen molar-refractivity contribution in [1.82, 2.24) is 24.8 Å². The Kier molecular flexibility index (Phi) is 8.06. The first kappa shape index (κ1) is 26.7. The number of rotatable bonds is 7. The molecule has 0 atom stereocenters. The van der Waals surface area contributed by atoms with Crippen molar-refractivity contribution < 1.29 is 4.74 Å². The molecule has 4 aromatic rings. The van der Waals surface area contributed by atoms with Gasteiger partial charge in [0.25, 0.3) is 5.56 Å². The zero-order chi connectivity index (χ0) is 28.0. The van der Waals surface area contributed by atoms with Gasteiger partial charge in [-0.25, -0.2) is 4.98 Å². The van der Waals surface area contributed by atoms with Crippen molar-refractivity contribution in [1.29, 1.82) is 0 Å². The van der Waals surface area contributed by atoms with Gasteiger partial charge in [-0.2, -0.15) is 4.98 Å². The Morgan fingerprint density at radius 2 is 2.00 bits per heavy atom. The van der Waals surface area contributed by atoms with E-state index in [4.69, 9.17) is 9.72 Å². The van der Waals surface area contributed by atoms with E-state index in [0.717, 1.165) is 49.0 Å². The number of fused-ring (bicyclic) bond motifs is 1. The maximum absolute atomic E-state index is 13.8. The highest BCUT2D eigenvalue weighted by Crippen LogP contribution is 2.35. The van der Waals surface area contributed by atoms with E-state index in [1.54, 1.807) is 23.0 Å². The van der Waals surface area contributed by atoms with Crippen molar-refractivity contribution in [3.63, 3.8) is 0 Å². The fourth-order valence-electron chi connectivity index (χ4n) is 5.75. The smallest absolute Gasteiger partial charge is 0.268 e. The Bertz CT molecular complexity index is 1690. The SMILES string of the molecule is CCOC#Cc1cc2cnc(Nc3ccc(C4=CCNCC4)cc3)nc2n(Cc2ccncc2C2CCCC2)c1=O. The summed E-state index contributed by atoms with van der Waals surface area (Å²) < 4.78 is 6.92. The third-order valence-corrected chi connectivity index (χ3v) is 7.87. The van der Waals surface area contributed by atoms with Gasteiger partial charge in [-0.3, -0.25) is 14.3 Å². The van der Waals surface area contributed by atoms with E-state index in [2.05, 4.69) is 50.8 Å². The number of ether oxygens (including phenoxy) is 1. The monoisotopic (exact) mass is 546 g/mol. The largest absolute Gasteiger partial charge is 0.447 e. The minimum atomic E-state index is -0.205. The van der Waals surface area contributed by atoms with Crippen LogP contribution in [-0.4, -0.2) is 39.2 Å². The molecule has 8 heteroatoms. The summed E-state index contributed by atoms with van der Waals surface area (Å²) in [6, 6.07) is 12.1. The van der Waals surface area contributed by atoms with Gasteiger partial charge in [0, 0.05) is 36.2 Å². The Morgan fingerprint density at radius 3 is 2.78 bits per heavy atom. The number of nitrogens with zero attached hydrogens (tertiary/aromatic N) is 4. The molecule has 1 aromatic carbocycles. The lowest BCUT2D eigenvalue weighted by Gasteiger charge is -2.17. The van der Waals surface area contributed by atoms with Gasteiger partial charge in [0.1, 0.15) is 11.8 Å². The van der Waals surface area contributed by atoms with Crippen molar-refractivity contribution in [2.45, 2.75) is 51.5 Å². The summed E-state index contributed by atoms with van der Waals surface area (Å²) in [6.45, 7) is 4.59. The van der Waals surface area contributed by atoms with E-state index in [9.17, 15) is 4.79 Å². The number of anilines is 2. The number of hydrogen-bond donors (Lipinski definition) is 2. The molecule has 41 heavy (non-hydrogen) atoms. The second-order valence-corrected chi connectivity index (χ2v) is 10.5. The molecule has 0 radical (unpaired) electrons. The van der Waals surface area contributed by atoms with Crippen LogP contribution in [0.2, 0.25) is 0 Å². The molecule has 6 rings (SSSR count). The topological polar surface area (TPSA) is 94.0 Å². The van der Waals surface area contributed by atoms with Crippen LogP contribution in [0, 0.1) is 12.0 Å². The van der Waals surface area contributed by atoms with Crippen molar-refractivity contribution in [3.8, 4) is 12.0 Å². The van der Waals surface area contributed by atoms with E-state index in [1.165, 1.54) is 29.5 Å². The third-order valence-electron chi connectivity index (χ3n) is 7.87. The second kappa shape index (κ2) is 12.4. The number of pyridine rings is 2. The van der Waals surface area contributed by atoms with Crippen LogP contribution in [0.1, 0.15) is 67.2 Å². The summed E-state index contributed by atoms with van der Waals surface area (Å²) in [5.41, 5.74) is 6.47. The fraction of sp³-hybridized carbons (Fsp3) is 0.333. The zero-order valence-corrected chi connectivity index (χ0v) is 23.3. The number of hydrogen-bond acceptors (Lipinski definition) is 7. The van der Waals surface area contributed by atoms with Gasteiger partial charge in [0.15, 0.2) is 0 Å². The molecule has 0 spiro atoms. The average Bonchev–Trinajstić information content (AvgIpc) is 3.56. The molecule has 0 bridgehead atoms. The highest BCUT2D eigenvalue weighted by atomic mass is 16.5. The van der Waals surface area contributed by atoms with Crippen LogP contribution in [-0.2, 0) is 11.3 Å². The molecule has 2 aliphatic rings. The quantitative estimate of drug-likeness (QED) is 0.302. The lowest BCUT2D eigenvalue weighted by Crippen LogP contribution is -2.25. The van der Waals surface area contributed by atoms with Crippen LogP contribution in [0.25, 0.3) is 16.6 Å². The van der Waals surface area contributed by atoms with Crippen LogP contribution in [0.4, 0.5) is 11.6 Å². The Labute approximate surface area is 239 Å². The molecule has 0 amide bonds. The predicted molar refractivity (Wildman–Crippen MR) is 162 cm³/mol. The van der Waals surface area contributed by atoms with Crippen LogP contribution < -0.4 is 16.2 Å². The molecule has 1 fully saturated rings. The molecule has 1 aliphatic heterocycles. The van der Waals surface area contributed by atoms with E-state index < -0.39 is 0 Å². The summed E-state index contributed by atoms with van der Waals surface area (Å²) in [5, 5.41) is 7.41. The maximum Gasteiger partial charge on any atom is 0.268 e. The number of benzene rings is 1. The van der Waals surface area contributed by atoms with Crippen LogP contribution >= 0.6 is 0 Å². The molecule has 1 aliphatic carbocycles. The number of aromatic nitrogens is 4. The van der Waals surface area contributed by atoms with E-state index in [0.29, 0.717) is 36.2 Å². The molecular formula is C33H34N6O2. The number of nitrogens with one attached hydrogen (secondary N) is 2. The average molecular weight is 547 g/mol. The molecule has 3 aromatic heterocycles. The molecule has 2 N–H and O–H groups in total. The molecule has 0 unspecified atom stereocenters. The van der Waals surface area contributed by atoms with Crippen molar-refractivity contribution >= 4 is 28.2 Å². The molecule has 1 saturated carbocycles. The fourth-order valence-corrected chi connectivity index (χ4v) is 5.75. The first-order valence-corrected chi connectivity index (χ1v) is 14.4. The van der Waals surface area contributed by atoms with Gasteiger partial charge in [0.2, 0.25) is 5.95 Å². The van der Waals surface area contributed by atoms with Crippen LogP contribution in [0.3, 0.4) is 0 Å². The summed E-state index contributed by atoms with van der Waals surface area (Å²) in [4.78, 5) is 27.6. The minimum absolute atomic E-state index is 0.205. The van der Waals surface area contributed by atoms with Crippen LogP contribution in [0.5, 0.6) is 0 Å². The summed E-state index contributed by atoms with van der Waals surface area (Å²) >= 11 is 0. The third kappa shape index (κ3) is 6.01. The first-order valence-electron chi connectivity index (χ1n) is 14.4.